The van der Waals surface area contributed by atoms with Crippen LogP contribution in [0.25, 0.3) is 0 Å². The van der Waals surface area contributed by atoms with Gasteiger partial charge in [0.05, 0.1) is 0 Å². The zero-order valence-corrected chi connectivity index (χ0v) is 11.5. The van der Waals surface area contributed by atoms with Crippen molar-refractivity contribution in [2.24, 2.45) is 16.3 Å². The Bertz CT molecular complexity index is 280. The van der Waals surface area contributed by atoms with Gasteiger partial charge in [-0.25, -0.2) is 0 Å². The first-order valence-corrected chi connectivity index (χ1v) is 5.93. The number of amides is 1. The van der Waals surface area contributed by atoms with Crippen molar-refractivity contribution in [3.8, 4) is 0 Å². The standard InChI is InChI=1S/C12H25N3O2/c1-9(2)15(7-6-10(13)14-17)11(16)8-12(3,4)5/h9,17H,6-8H2,1-5H3,(H2,13,14). The number of nitrogens with two attached hydrogens (primary N) is 1. The molecule has 5 nitrogen and oxygen atoms in total. The van der Waals surface area contributed by atoms with Gasteiger partial charge in [0.1, 0.15) is 5.84 Å². The van der Waals surface area contributed by atoms with Crippen LogP contribution in [0, 0.1) is 5.41 Å². The molecule has 0 saturated heterocycles. The van der Waals surface area contributed by atoms with Gasteiger partial charge in [-0.05, 0) is 19.3 Å². The fourth-order valence-corrected chi connectivity index (χ4v) is 1.51. The molecular formula is C12H25N3O2. The van der Waals surface area contributed by atoms with Crippen LogP contribution in [-0.4, -0.2) is 34.4 Å². The van der Waals surface area contributed by atoms with Crippen molar-refractivity contribution in [3.63, 3.8) is 0 Å². The van der Waals surface area contributed by atoms with Gasteiger partial charge in [0, 0.05) is 25.4 Å². The van der Waals surface area contributed by atoms with E-state index in [-0.39, 0.29) is 23.2 Å². The summed E-state index contributed by atoms with van der Waals surface area (Å²) in [6, 6.07) is 0.122. The Kier molecular flexibility index (Phi) is 5.99. The van der Waals surface area contributed by atoms with E-state index in [1.165, 1.54) is 0 Å². The quantitative estimate of drug-likeness (QED) is 0.334. The van der Waals surface area contributed by atoms with Gasteiger partial charge < -0.3 is 15.8 Å². The zero-order chi connectivity index (χ0) is 13.6. The van der Waals surface area contributed by atoms with E-state index >= 15 is 0 Å². The fraction of sp³-hybridized carbons (Fsp3) is 0.833. The summed E-state index contributed by atoms with van der Waals surface area (Å²) in [6.45, 7) is 10.5. The number of nitrogens with zero attached hydrogens (tertiary/aromatic N) is 2. The van der Waals surface area contributed by atoms with Crippen molar-refractivity contribution in [3.05, 3.63) is 0 Å². The fourth-order valence-electron chi connectivity index (χ4n) is 1.51. The smallest absolute Gasteiger partial charge is 0.223 e. The van der Waals surface area contributed by atoms with Gasteiger partial charge in [-0.2, -0.15) is 0 Å². The molecule has 0 saturated carbocycles. The average molecular weight is 243 g/mol. The molecule has 5 heteroatoms. The van der Waals surface area contributed by atoms with Crippen LogP contribution in [0.4, 0.5) is 0 Å². The highest BCUT2D eigenvalue weighted by Gasteiger charge is 2.22. The molecule has 3 N–H and O–H groups in total. The Labute approximate surface area is 104 Å². The summed E-state index contributed by atoms with van der Waals surface area (Å²) in [6.07, 6.45) is 0.895. The SMILES string of the molecule is CC(C)N(CCC(N)=NO)C(=O)CC(C)(C)C. The molecule has 17 heavy (non-hydrogen) atoms. The highest BCUT2D eigenvalue weighted by Crippen LogP contribution is 2.20. The molecular weight excluding hydrogens is 218 g/mol. The van der Waals surface area contributed by atoms with Gasteiger partial charge in [0.25, 0.3) is 0 Å². The lowest BCUT2D eigenvalue weighted by atomic mass is 9.91. The molecule has 100 valence electrons. The Morgan fingerprint density at radius 2 is 1.94 bits per heavy atom. The molecule has 0 fully saturated rings. The first-order chi connectivity index (χ1) is 7.67. The van der Waals surface area contributed by atoms with Crippen LogP contribution in [0.1, 0.15) is 47.5 Å². The lowest BCUT2D eigenvalue weighted by Gasteiger charge is -2.29. The second kappa shape index (κ2) is 6.47. The van der Waals surface area contributed by atoms with Crippen LogP contribution in [0.5, 0.6) is 0 Å². The van der Waals surface area contributed by atoms with Gasteiger partial charge in [-0.15, -0.1) is 0 Å². The second-order valence-corrected chi connectivity index (χ2v) is 5.76. The van der Waals surface area contributed by atoms with E-state index in [2.05, 4.69) is 5.16 Å². The van der Waals surface area contributed by atoms with E-state index in [0.29, 0.717) is 19.4 Å². The minimum atomic E-state index is -0.0269. The van der Waals surface area contributed by atoms with E-state index in [0.717, 1.165) is 0 Å². The highest BCUT2D eigenvalue weighted by atomic mass is 16.4. The van der Waals surface area contributed by atoms with Crippen LogP contribution in [0.3, 0.4) is 0 Å². The number of oxime groups is 1. The lowest BCUT2D eigenvalue weighted by molar-refractivity contribution is -0.134. The number of hydrogen-bond donors (Lipinski definition) is 2. The first kappa shape index (κ1) is 15.7. The monoisotopic (exact) mass is 243 g/mol. The number of carbonyl (C=O) groups is 1. The molecule has 0 rings (SSSR count). The van der Waals surface area contributed by atoms with Crippen LogP contribution in [0.2, 0.25) is 0 Å². The summed E-state index contributed by atoms with van der Waals surface area (Å²) in [5.74, 6) is 0.262. The van der Waals surface area contributed by atoms with Crippen LogP contribution in [0.15, 0.2) is 5.16 Å². The first-order valence-electron chi connectivity index (χ1n) is 5.93. The van der Waals surface area contributed by atoms with Gasteiger partial charge in [0.2, 0.25) is 5.91 Å². The number of amidine groups is 1. The number of carbonyl (C=O) groups excluding carboxylic acids is 1. The third kappa shape index (κ3) is 6.81. The number of rotatable bonds is 5. The molecule has 0 aromatic heterocycles. The molecule has 0 aliphatic heterocycles. The summed E-state index contributed by atoms with van der Waals surface area (Å²) in [4.78, 5) is 13.9. The van der Waals surface area contributed by atoms with Crippen molar-refractivity contribution < 1.29 is 10.0 Å². The van der Waals surface area contributed by atoms with Crippen LogP contribution in [-0.2, 0) is 4.79 Å². The molecule has 0 spiro atoms. The lowest BCUT2D eigenvalue weighted by Crippen LogP contribution is -2.40. The van der Waals surface area contributed by atoms with E-state index < -0.39 is 0 Å². The largest absolute Gasteiger partial charge is 0.409 e. The zero-order valence-electron chi connectivity index (χ0n) is 11.5. The van der Waals surface area contributed by atoms with E-state index in [4.69, 9.17) is 10.9 Å². The van der Waals surface area contributed by atoms with Crippen molar-refractivity contribution in [2.45, 2.75) is 53.5 Å². The third-order valence-corrected chi connectivity index (χ3v) is 2.36. The normalized spacial score (nSPS) is 12.9. The molecule has 1 amide bonds. The minimum Gasteiger partial charge on any atom is -0.409 e. The average Bonchev–Trinajstić information content (AvgIpc) is 2.14. The maximum atomic E-state index is 12.1. The van der Waals surface area contributed by atoms with Crippen molar-refractivity contribution >= 4 is 11.7 Å². The van der Waals surface area contributed by atoms with E-state index in [1.807, 2.05) is 34.6 Å². The minimum absolute atomic E-state index is 0.0269. The Balaban J connectivity index is 4.48. The molecule has 0 aromatic rings. The number of hydrogen-bond acceptors (Lipinski definition) is 3. The summed E-state index contributed by atoms with van der Waals surface area (Å²) < 4.78 is 0. The van der Waals surface area contributed by atoms with Gasteiger partial charge >= 0.3 is 0 Å². The molecule has 0 atom stereocenters. The summed E-state index contributed by atoms with van der Waals surface area (Å²) in [5.41, 5.74) is 5.38. The van der Waals surface area contributed by atoms with Crippen molar-refractivity contribution in [2.75, 3.05) is 6.54 Å². The molecule has 0 unspecified atom stereocenters. The molecule has 0 aliphatic carbocycles. The van der Waals surface area contributed by atoms with Crippen LogP contribution < -0.4 is 5.73 Å². The Morgan fingerprint density at radius 1 is 1.41 bits per heavy atom. The highest BCUT2D eigenvalue weighted by molar-refractivity contribution is 5.81. The molecule has 0 heterocycles. The van der Waals surface area contributed by atoms with Crippen LogP contribution >= 0.6 is 0 Å². The third-order valence-electron chi connectivity index (χ3n) is 2.36. The molecule has 0 aliphatic rings. The van der Waals surface area contributed by atoms with Gasteiger partial charge in [-0.1, -0.05) is 25.9 Å². The second-order valence-electron chi connectivity index (χ2n) is 5.76. The van der Waals surface area contributed by atoms with Gasteiger partial charge in [-0.3, -0.25) is 4.79 Å². The van der Waals surface area contributed by atoms with Crippen molar-refractivity contribution in [1.82, 2.24) is 4.90 Å². The summed E-state index contributed by atoms with van der Waals surface area (Å²) in [7, 11) is 0. The molecule has 0 aromatic carbocycles. The Hall–Kier alpha value is -1.26. The summed E-state index contributed by atoms with van der Waals surface area (Å²) >= 11 is 0. The van der Waals surface area contributed by atoms with E-state index in [1.54, 1.807) is 4.90 Å². The molecule has 0 bridgehead atoms. The maximum absolute atomic E-state index is 12.1. The van der Waals surface area contributed by atoms with Gasteiger partial charge in [0.15, 0.2) is 0 Å². The van der Waals surface area contributed by atoms with E-state index in [9.17, 15) is 4.79 Å². The topological polar surface area (TPSA) is 78.9 Å². The maximum Gasteiger partial charge on any atom is 0.223 e. The predicted octanol–water partition coefficient (Wildman–Crippen LogP) is 1.80. The predicted molar refractivity (Wildman–Crippen MR) is 68.9 cm³/mol. The Morgan fingerprint density at radius 3 is 2.29 bits per heavy atom. The van der Waals surface area contributed by atoms with Crippen molar-refractivity contribution in [1.29, 1.82) is 0 Å². The summed E-state index contributed by atoms with van der Waals surface area (Å²) in [5, 5.41) is 11.4. The molecule has 0 radical (unpaired) electrons.